The van der Waals surface area contributed by atoms with Crippen molar-refractivity contribution in [2.75, 3.05) is 13.1 Å². The van der Waals surface area contributed by atoms with Crippen LogP contribution in [0.2, 0.25) is 5.15 Å². The zero-order valence-electron chi connectivity index (χ0n) is 9.12. The zero-order valence-corrected chi connectivity index (χ0v) is 9.87. The molecule has 0 N–H and O–H groups in total. The number of halogens is 1. The van der Waals surface area contributed by atoms with Crippen LogP contribution in [0.4, 0.5) is 0 Å². The molecular weight excluding hydrogens is 208 g/mol. The summed E-state index contributed by atoms with van der Waals surface area (Å²) in [4.78, 5) is 6.86. The van der Waals surface area contributed by atoms with Gasteiger partial charge in [-0.3, -0.25) is 4.90 Å². The van der Waals surface area contributed by atoms with E-state index in [2.05, 4.69) is 22.9 Å². The number of likely N-dealkylation sites (tertiary alicyclic amines) is 1. The third kappa shape index (κ3) is 2.70. The van der Waals surface area contributed by atoms with E-state index >= 15 is 0 Å². The van der Waals surface area contributed by atoms with Crippen LogP contribution in [0.1, 0.15) is 37.9 Å². The van der Waals surface area contributed by atoms with Crippen LogP contribution >= 0.6 is 11.6 Å². The Kier molecular flexibility index (Phi) is 3.60. The van der Waals surface area contributed by atoms with Gasteiger partial charge in [-0.25, -0.2) is 4.98 Å². The Morgan fingerprint density at radius 2 is 2.00 bits per heavy atom. The second kappa shape index (κ2) is 4.95. The van der Waals surface area contributed by atoms with E-state index in [1.807, 2.05) is 12.1 Å². The van der Waals surface area contributed by atoms with Gasteiger partial charge in [0, 0.05) is 6.04 Å². The molecule has 0 bridgehead atoms. The highest BCUT2D eigenvalue weighted by Crippen LogP contribution is 2.23. The SMILES string of the molecule is CC(c1cccc(Cl)n1)N1CCCCC1. The summed E-state index contributed by atoms with van der Waals surface area (Å²) >= 11 is 5.90. The molecule has 1 aromatic heterocycles. The minimum Gasteiger partial charge on any atom is -0.295 e. The lowest BCUT2D eigenvalue weighted by atomic mass is 10.1. The predicted octanol–water partition coefficient (Wildman–Crippen LogP) is 3.28. The highest BCUT2D eigenvalue weighted by molar-refractivity contribution is 6.29. The third-order valence-electron chi connectivity index (χ3n) is 3.10. The standard InChI is InChI=1S/C12H17ClN2/c1-10(15-8-3-2-4-9-15)11-6-5-7-12(13)14-11/h5-7,10H,2-4,8-9H2,1H3. The van der Waals surface area contributed by atoms with Gasteiger partial charge < -0.3 is 0 Å². The van der Waals surface area contributed by atoms with Crippen LogP contribution in [-0.4, -0.2) is 23.0 Å². The summed E-state index contributed by atoms with van der Waals surface area (Å²) in [5.74, 6) is 0. The molecule has 1 fully saturated rings. The number of rotatable bonds is 2. The van der Waals surface area contributed by atoms with Crippen LogP contribution in [-0.2, 0) is 0 Å². The highest BCUT2D eigenvalue weighted by Gasteiger charge is 2.18. The minimum absolute atomic E-state index is 0.393. The Bertz CT molecular complexity index is 321. The smallest absolute Gasteiger partial charge is 0.129 e. The highest BCUT2D eigenvalue weighted by atomic mass is 35.5. The van der Waals surface area contributed by atoms with Crippen molar-refractivity contribution in [2.24, 2.45) is 0 Å². The molecular formula is C12H17ClN2. The molecule has 1 aliphatic heterocycles. The van der Waals surface area contributed by atoms with E-state index in [9.17, 15) is 0 Å². The maximum atomic E-state index is 5.90. The van der Waals surface area contributed by atoms with Crippen LogP contribution < -0.4 is 0 Å². The number of hydrogen-bond acceptors (Lipinski definition) is 2. The maximum Gasteiger partial charge on any atom is 0.129 e. The molecule has 2 nitrogen and oxygen atoms in total. The second-order valence-electron chi connectivity index (χ2n) is 4.16. The molecule has 2 rings (SSSR count). The number of pyridine rings is 1. The van der Waals surface area contributed by atoms with Gasteiger partial charge in [0.25, 0.3) is 0 Å². The van der Waals surface area contributed by atoms with Gasteiger partial charge in [0.2, 0.25) is 0 Å². The average Bonchev–Trinajstić information content (AvgIpc) is 2.29. The molecule has 1 aromatic rings. The van der Waals surface area contributed by atoms with Gasteiger partial charge in [0.15, 0.2) is 0 Å². The third-order valence-corrected chi connectivity index (χ3v) is 3.31. The largest absolute Gasteiger partial charge is 0.295 e. The monoisotopic (exact) mass is 224 g/mol. The number of aromatic nitrogens is 1. The minimum atomic E-state index is 0.393. The van der Waals surface area contributed by atoms with E-state index < -0.39 is 0 Å². The Hall–Kier alpha value is -0.600. The van der Waals surface area contributed by atoms with Crippen molar-refractivity contribution >= 4 is 11.6 Å². The summed E-state index contributed by atoms with van der Waals surface area (Å²) in [6, 6.07) is 6.26. The lowest BCUT2D eigenvalue weighted by Gasteiger charge is -2.31. The topological polar surface area (TPSA) is 16.1 Å². The zero-order chi connectivity index (χ0) is 10.7. The number of nitrogens with zero attached hydrogens (tertiary/aromatic N) is 2. The molecule has 0 radical (unpaired) electrons. The van der Waals surface area contributed by atoms with Crippen molar-refractivity contribution in [3.63, 3.8) is 0 Å². The first-order valence-electron chi connectivity index (χ1n) is 5.64. The molecule has 2 heterocycles. The first-order valence-corrected chi connectivity index (χ1v) is 6.01. The molecule has 1 atom stereocenters. The normalized spacial score (nSPS) is 20.1. The van der Waals surface area contributed by atoms with Crippen molar-refractivity contribution < 1.29 is 0 Å². The Balaban J connectivity index is 2.08. The average molecular weight is 225 g/mol. The summed E-state index contributed by atoms with van der Waals surface area (Å²) in [5, 5.41) is 0.594. The van der Waals surface area contributed by atoms with Gasteiger partial charge in [0.1, 0.15) is 5.15 Å². The molecule has 0 aromatic carbocycles. The van der Waals surface area contributed by atoms with Gasteiger partial charge >= 0.3 is 0 Å². The summed E-state index contributed by atoms with van der Waals surface area (Å²) in [7, 11) is 0. The van der Waals surface area contributed by atoms with Crippen LogP contribution in [0.5, 0.6) is 0 Å². The van der Waals surface area contributed by atoms with Crippen molar-refractivity contribution in [3.8, 4) is 0 Å². The lowest BCUT2D eigenvalue weighted by Crippen LogP contribution is -2.32. The summed E-state index contributed by atoms with van der Waals surface area (Å²) < 4.78 is 0. The van der Waals surface area contributed by atoms with Gasteiger partial charge in [-0.2, -0.15) is 0 Å². The fourth-order valence-electron chi connectivity index (χ4n) is 2.15. The van der Waals surface area contributed by atoms with Crippen LogP contribution in [0, 0.1) is 0 Å². The Morgan fingerprint density at radius 1 is 1.27 bits per heavy atom. The van der Waals surface area contributed by atoms with Crippen LogP contribution in [0.25, 0.3) is 0 Å². The second-order valence-corrected chi connectivity index (χ2v) is 4.55. The molecule has 0 amide bonds. The van der Waals surface area contributed by atoms with E-state index in [0.29, 0.717) is 11.2 Å². The van der Waals surface area contributed by atoms with Crippen molar-refractivity contribution in [2.45, 2.75) is 32.2 Å². The fourth-order valence-corrected chi connectivity index (χ4v) is 2.32. The Morgan fingerprint density at radius 3 is 2.67 bits per heavy atom. The van der Waals surface area contributed by atoms with Gasteiger partial charge in [-0.15, -0.1) is 0 Å². The molecule has 0 aliphatic carbocycles. The van der Waals surface area contributed by atoms with Gasteiger partial charge in [-0.05, 0) is 45.0 Å². The van der Waals surface area contributed by atoms with Gasteiger partial charge in [-0.1, -0.05) is 24.1 Å². The van der Waals surface area contributed by atoms with E-state index in [0.717, 1.165) is 5.69 Å². The first-order chi connectivity index (χ1) is 7.27. The van der Waals surface area contributed by atoms with E-state index in [-0.39, 0.29) is 0 Å². The molecule has 0 spiro atoms. The fraction of sp³-hybridized carbons (Fsp3) is 0.583. The predicted molar refractivity (Wildman–Crippen MR) is 63.1 cm³/mol. The van der Waals surface area contributed by atoms with Crippen molar-refractivity contribution in [1.29, 1.82) is 0 Å². The maximum absolute atomic E-state index is 5.90. The van der Waals surface area contributed by atoms with Crippen LogP contribution in [0.3, 0.4) is 0 Å². The van der Waals surface area contributed by atoms with Crippen LogP contribution in [0.15, 0.2) is 18.2 Å². The van der Waals surface area contributed by atoms with E-state index in [1.54, 1.807) is 0 Å². The number of piperidine rings is 1. The molecule has 1 saturated heterocycles. The molecule has 0 saturated carbocycles. The summed E-state index contributed by atoms with van der Waals surface area (Å²) in [5.41, 5.74) is 1.09. The quantitative estimate of drug-likeness (QED) is 0.717. The lowest BCUT2D eigenvalue weighted by molar-refractivity contribution is 0.172. The number of hydrogen-bond donors (Lipinski definition) is 0. The van der Waals surface area contributed by atoms with E-state index in [4.69, 9.17) is 11.6 Å². The first kappa shape index (κ1) is 10.9. The summed E-state index contributed by atoms with van der Waals surface area (Å²) in [6.45, 7) is 4.59. The Labute approximate surface area is 96.3 Å². The van der Waals surface area contributed by atoms with Gasteiger partial charge in [0.05, 0.1) is 5.69 Å². The molecule has 3 heteroatoms. The molecule has 82 valence electrons. The molecule has 1 aliphatic rings. The summed E-state index contributed by atoms with van der Waals surface area (Å²) in [6.07, 6.45) is 3.99. The molecule has 1 unspecified atom stereocenters. The van der Waals surface area contributed by atoms with Crippen molar-refractivity contribution in [1.82, 2.24) is 9.88 Å². The van der Waals surface area contributed by atoms with E-state index in [1.165, 1.54) is 32.4 Å². The molecule has 15 heavy (non-hydrogen) atoms. The van der Waals surface area contributed by atoms with Crippen molar-refractivity contribution in [3.05, 3.63) is 29.0 Å².